The Bertz CT molecular complexity index is 967. The molecule has 3 heterocycles. The second kappa shape index (κ2) is 10.4. The maximum Gasteiger partial charge on any atom is 0.186 e. The molecule has 7 rings (SSSR count). The van der Waals surface area contributed by atoms with Crippen LogP contribution in [-0.4, -0.2) is 82.3 Å². The van der Waals surface area contributed by atoms with E-state index in [2.05, 4.69) is 27.7 Å². The summed E-state index contributed by atoms with van der Waals surface area (Å²) in [5.74, 6) is 4.08. The summed E-state index contributed by atoms with van der Waals surface area (Å²) in [6.45, 7) is 10.3. The fourth-order valence-electron chi connectivity index (χ4n) is 11.7. The van der Waals surface area contributed by atoms with Gasteiger partial charge in [0.15, 0.2) is 12.1 Å². The Balaban J connectivity index is 1.03. The zero-order valence-electron chi connectivity index (χ0n) is 25.5. The monoisotopic (exact) mass is 578 g/mol. The van der Waals surface area contributed by atoms with Crippen LogP contribution in [0.15, 0.2) is 0 Å². The van der Waals surface area contributed by atoms with Crippen LogP contribution < -0.4 is 0 Å². The van der Waals surface area contributed by atoms with Gasteiger partial charge in [-0.3, -0.25) is 0 Å². The van der Waals surface area contributed by atoms with Gasteiger partial charge in [-0.1, -0.05) is 27.7 Å². The predicted molar refractivity (Wildman–Crippen MR) is 150 cm³/mol. The van der Waals surface area contributed by atoms with Gasteiger partial charge in [-0.25, -0.2) is 0 Å². The summed E-state index contributed by atoms with van der Waals surface area (Å²) in [7, 11) is 0. The topological polar surface area (TPSA) is 118 Å². The molecule has 8 heteroatoms. The highest BCUT2D eigenvalue weighted by Gasteiger charge is 2.69. The van der Waals surface area contributed by atoms with Gasteiger partial charge in [0.25, 0.3) is 0 Å². The molecule has 4 N–H and O–H groups in total. The highest BCUT2D eigenvalue weighted by atomic mass is 16.7. The van der Waals surface area contributed by atoms with Gasteiger partial charge < -0.3 is 39.4 Å². The molecule has 10 unspecified atom stereocenters. The molecular weight excluding hydrogens is 524 g/mol. The lowest BCUT2D eigenvalue weighted by atomic mass is 9.44. The Morgan fingerprint density at radius 3 is 2.34 bits per heavy atom. The Kier molecular flexibility index (Phi) is 7.43. The zero-order valence-corrected chi connectivity index (χ0v) is 25.5. The number of hydrogen-bond donors (Lipinski definition) is 4. The lowest BCUT2D eigenvalue weighted by Crippen LogP contribution is -2.60. The fraction of sp³-hybridized carbons (Fsp3) is 1.00. The van der Waals surface area contributed by atoms with E-state index in [9.17, 15) is 20.4 Å². The van der Waals surface area contributed by atoms with Crippen LogP contribution in [0.1, 0.15) is 91.9 Å². The molecular formula is C33H54O8. The first kappa shape index (κ1) is 29.4. The first-order valence-electron chi connectivity index (χ1n) is 16.8. The van der Waals surface area contributed by atoms with E-state index in [1.807, 2.05) is 0 Å². The normalized spacial score (nSPS) is 60.3. The van der Waals surface area contributed by atoms with Crippen molar-refractivity contribution in [3.05, 3.63) is 0 Å². The van der Waals surface area contributed by atoms with E-state index >= 15 is 0 Å². The van der Waals surface area contributed by atoms with Crippen molar-refractivity contribution in [1.29, 1.82) is 0 Å². The van der Waals surface area contributed by atoms with Crippen molar-refractivity contribution in [3.8, 4) is 0 Å². The van der Waals surface area contributed by atoms with Crippen LogP contribution in [0.5, 0.6) is 0 Å². The van der Waals surface area contributed by atoms with E-state index in [1.54, 1.807) is 0 Å². The third kappa shape index (κ3) is 4.36. The van der Waals surface area contributed by atoms with Crippen molar-refractivity contribution < 1.29 is 39.4 Å². The van der Waals surface area contributed by atoms with Crippen molar-refractivity contribution in [1.82, 2.24) is 0 Å². The summed E-state index contributed by atoms with van der Waals surface area (Å²) >= 11 is 0. The number of hydrogen-bond acceptors (Lipinski definition) is 8. The Morgan fingerprint density at radius 2 is 1.61 bits per heavy atom. The summed E-state index contributed by atoms with van der Waals surface area (Å²) in [6, 6.07) is 0. The van der Waals surface area contributed by atoms with E-state index in [1.165, 1.54) is 38.5 Å². The third-order valence-electron chi connectivity index (χ3n) is 14.1. The molecule has 7 aliphatic rings. The second-order valence-corrected chi connectivity index (χ2v) is 15.9. The van der Waals surface area contributed by atoms with Crippen molar-refractivity contribution in [2.24, 2.45) is 52.3 Å². The summed E-state index contributed by atoms with van der Waals surface area (Å²) in [6.07, 6.45) is 5.64. The number of rotatable bonds is 3. The lowest BCUT2D eigenvalue weighted by Gasteiger charge is -2.61. The highest BCUT2D eigenvalue weighted by molar-refractivity contribution is 5.15. The molecule has 0 bridgehead atoms. The Hall–Kier alpha value is -0.320. The molecule has 4 aliphatic carbocycles. The van der Waals surface area contributed by atoms with Gasteiger partial charge in [0, 0.05) is 12.3 Å². The van der Waals surface area contributed by atoms with Crippen LogP contribution in [0.4, 0.5) is 0 Å². The quantitative estimate of drug-likeness (QED) is 0.375. The molecule has 3 saturated heterocycles. The third-order valence-corrected chi connectivity index (χ3v) is 14.1. The van der Waals surface area contributed by atoms with Gasteiger partial charge in [0.05, 0.1) is 25.4 Å². The minimum atomic E-state index is -1.40. The molecule has 17 atom stereocenters. The first-order valence-corrected chi connectivity index (χ1v) is 16.8. The highest BCUT2D eigenvalue weighted by Crippen LogP contribution is 2.71. The summed E-state index contributed by atoms with van der Waals surface area (Å²) < 4.78 is 25.4. The Labute approximate surface area is 245 Å². The van der Waals surface area contributed by atoms with Crippen LogP contribution in [-0.2, 0) is 18.9 Å². The molecule has 0 amide bonds. The number of ether oxygens (including phenoxy) is 4. The lowest BCUT2D eigenvalue weighted by molar-refractivity contribution is -0.316. The average Bonchev–Trinajstić information content (AvgIpc) is 3.40. The zero-order chi connectivity index (χ0) is 28.9. The van der Waals surface area contributed by atoms with Crippen molar-refractivity contribution in [2.45, 2.75) is 141 Å². The van der Waals surface area contributed by atoms with Crippen molar-refractivity contribution in [2.75, 3.05) is 13.2 Å². The summed E-state index contributed by atoms with van der Waals surface area (Å²) in [5.41, 5.74) is 0.612. The molecule has 3 aliphatic heterocycles. The molecule has 4 saturated carbocycles. The average molecular weight is 579 g/mol. The van der Waals surface area contributed by atoms with E-state index in [0.29, 0.717) is 35.2 Å². The van der Waals surface area contributed by atoms with Gasteiger partial charge in [0.1, 0.15) is 24.4 Å². The minimum Gasteiger partial charge on any atom is -0.394 e. The van der Waals surface area contributed by atoms with Gasteiger partial charge in [-0.2, -0.15) is 0 Å². The summed E-state index contributed by atoms with van der Waals surface area (Å²) in [5, 5.41) is 40.4. The molecule has 8 nitrogen and oxygen atoms in total. The molecule has 7 fully saturated rings. The maximum absolute atomic E-state index is 10.5. The molecule has 0 radical (unpaired) electrons. The number of aliphatic hydroxyl groups is 4. The molecule has 1 spiro atoms. The van der Waals surface area contributed by atoms with Crippen molar-refractivity contribution in [3.63, 3.8) is 0 Å². The second-order valence-electron chi connectivity index (χ2n) is 15.9. The molecule has 0 aromatic carbocycles. The van der Waals surface area contributed by atoms with E-state index in [0.717, 1.165) is 50.0 Å². The van der Waals surface area contributed by atoms with Gasteiger partial charge >= 0.3 is 0 Å². The van der Waals surface area contributed by atoms with E-state index in [-0.39, 0.29) is 17.3 Å². The van der Waals surface area contributed by atoms with Crippen LogP contribution >= 0.6 is 0 Å². The largest absolute Gasteiger partial charge is 0.394 e. The predicted octanol–water partition coefficient (Wildman–Crippen LogP) is 3.62. The van der Waals surface area contributed by atoms with E-state index in [4.69, 9.17) is 18.9 Å². The number of fused-ring (bicyclic) bond motifs is 7. The first-order chi connectivity index (χ1) is 19.5. The SMILES string of the molecule is CC1CCC2(OC1)OC1CC3C4CC[C@@H]5CC(O[C@@H]6O[C@H](CO)[C@H](O)[C@H](O)[C@H]6O)CC[C@]5(C)C4CCC3(C)C1C2C. The summed E-state index contributed by atoms with van der Waals surface area (Å²) in [4.78, 5) is 0. The van der Waals surface area contributed by atoms with Crippen LogP contribution in [0.25, 0.3) is 0 Å². The molecule has 0 aromatic heterocycles. The van der Waals surface area contributed by atoms with E-state index < -0.39 is 37.3 Å². The maximum atomic E-state index is 10.5. The smallest absolute Gasteiger partial charge is 0.186 e. The Morgan fingerprint density at radius 1 is 0.829 bits per heavy atom. The van der Waals surface area contributed by atoms with Crippen LogP contribution in [0, 0.1) is 52.3 Å². The number of aliphatic hydroxyl groups excluding tert-OH is 4. The van der Waals surface area contributed by atoms with Crippen LogP contribution in [0.3, 0.4) is 0 Å². The van der Waals surface area contributed by atoms with Crippen molar-refractivity contribution >= 4 is 0 Å². The van der Waals surface area contributed by atoms with Gasteiger partial charge in [-0.05, 0) is 104 Å². The minimum absolute atomic E-state index is 0.0607. The molecule has 0 aromatic rings. The fourth-order valence-corrected chi connectivity index (χ4v) is 11.7. The molecule has 234 valence electrons. The van der Waals surface area contributed by atoms with Gasteiger partial charge in [0.2, 0.25) is 0 Å². The van der Waals surface area contributed by atoms with Crippen LogP contribution in [0.2, 0.25) is 0 Å². The molecule has 41 heavy (non-hydrogen) atoms. The van der Waals surface area contributed by atoms with Gasteiger partial charge in [-0.15, -0.1) is 0 Å². The standard InChI is InChI=1S/C33H54O8/c1-17-7-12-33(38-16-17)18(2)26-24(41-33)14-23-21-6-5-19-13-20(8-10-31(19,3)22(21)9-11-32(23,26)4)39-30-29(37)28(36)27(35)25(15-34)40-30/h17-30,34-37H,5-16H2,1-4H3/t17?,18?,19-,20?,21?,22?,23?,24?,25-,26?,27+,28+,29-,30-,31+,32?,33?/m1/s1.